The Labute approximate surface area is 126 Å². The molecule has 0 heterocycles. The molecule has 2 rings (SSSR count). The number of allylic oxidation sites excluding steroid dienone is 3. The highest BCUT2D eigenvalue weighted by Gasteiger charge is 2.26. The second kappa shape index (κ2) is 6.63. The molecule has 2 unspecified atom stereocenters. The van der Waals surface area contributed by atoms with E-state index >= 15 is 0 Å². The molecule has 1 aliphatic carbocycles. The van der Waals surface area contributed by atoms with Gasteiger partial charge in [-0.15, -0.1) is 0 Å². The summed E-state index contributed by atoms with van der Waals surface area (Å²) in [6.45, 7) is 2.10. The molecule has 1 aromatic rings. The van der Waals surface area contributed by atoms with Crippen LogP contribution in [0.25, 0.3) is 5.83 Å². The maximum absolute atomic E-state index is 13.9. The molecule has 1 aromatic carbocycles. The summed E-state index contributed by atoms with van der Waals surface area (Å²) in [6.07, 6.45) is 1.63. The van der Waals surface area contributed by atoms with Crippen molar-refractivity contribution < 1.29 is 22.0 Å². The van der Waals surface area contributed by atoms with Crippen LogP contribution in [-0.2, 0) is 0 Å². The number of rotatable bonds is 3. The van der Waals surface area contributed by atoms with Gasteiger partial charge in [-0.25, -0.2) is 8.78 Å². The molecule has 0 radical (unpaired) electrons. The maximum atomic E-state index is 13.9. The van der Waals surface area contributed by atoms with Crippen molar-refractivity contribution in [3.8, 4) is 0 Å². The molecule has 0 spiro atoms. The SMILES string of the molecule is CCC1C=CC(c2ccc(/C(F)=C/C(F)(F)F)c(F)c2)CC1. The summed E-state index contributed by atoms with van der Waals surface area (Å²) in [7, 11) is 0. The van der Waals surface area contributed by atoms with Crippen LogP contribution in [0, 0.1) is 11.7 Å². The van der Waals surface area contributed by atoms with E-state index in [2.05, 4.69) is 13.0 Å². The van der Waals surface area contributed by atoms with E-state index in [0.29, 0.717) is 11.5 Å². The van der Waals surface area contributed by atoms with Crippen molar-refractivity contribution in [2.45, 2.75) is 38.3 Å². The Morgan fingerprint density at radius 3 is 2.45 bits per heavy atom. The Bertz CT molecular complexity index is 583. The predicted molar refractivity (Wildman–Crippen MR) is 76.4 cm³/mol. The van der Waals surface area contributed by atoms with Gasteiger partial charge in [0.1, 0.15) is 11.6 Å². The fraction of sp³-hybridized carbons (Fsp3) is 0.412. The number of hydrogen-bond donors (Lipinski definition) is 0. The number of halogens is 5. The molecular weight excluding hydrogens is 299 g/mol. The lowest BCUT2D eigenvalue weighted by molar-refractivity contribution is -0.0798. The fourth-order valence-corrected chi connectivity index (χ4v) is 2.67. The molecule has 0 saturated carbocycles. The van der Waals surface area contributed by atoms with Gasteiger partial charge >= 0.3 is 6.18 Å². The van der Waals surface area contributed by atoms with E-state index in [1.165, 1.54) is 6.07 Å². The van der Waals surface area contributed by atoms with Crippen LogP contribution in [0.15, 0.2) is 36.4 Å². The van der Waals surface area contributed by atoms with Crippen LogP contribution in [0.3, 0.4) is 0 Å². The zero-order valence-corrected chi connectivity index (χ0v) is 12.1. The van der Waals surface area contributed by atoms with Crippen molar-refractivity contribution in [1.82, 2.24) is 0 Å². The maximum Gasteiger partial charge on any atom is 0.412 e. The topological polar surface area (TPSA) is 0 Å². The minimum absolute atomic E-state index is 0.0287. The second-order valence-corrected chi connectivity index (χ2v) is 5.51. The summed E-state index contributed by atoms with van der Waals surface area (Å²) < 4.78 is 63.7. The molecular formula is C17H17F5. The summed E-state index contributed by atoms with van der Waals surface area (Å²) in [5, 5.41) is 0. The van der Waals surface area contributed by atoms with Gasteiger partial charge in [0.2, 0.25) is 0 Å². The molecule has 2 atom stereocenters. The van der Waals surface area contributed by atoms with Gasteiger partial charge in [-0.05, 0) is 42.9 Å². The first kappa shape index (κ1) is 16.7. The average molecular weight is 316 g/mol. The van der Waals surface area contributed by atoms with E-state index in [1.54, 1.807) is 0 Å². The van der Waals surface area contributed by atoms with Crippen molar-refractivity contribution in [3.63, 3.8) is 0 Å². The van der Waals surface area contributed by atoms with Crippen molar-refractivity contribution in [2.75, 3.05) is 0 Å². The van der Waals surface area contributed by atoms with E-state index in [1.807, 2.05) is 6.08 Å². The Morgan fingerprint density at radius 2 is 1.95 bits per heavy atom. The summed E-state index contributed by atoms with van der Waals surface area (Å²) in [5.41, 5.74) is -0.000777. The molecule has 0 aromatic heterocycles. The Kier molecular flexibility index (Phi) is 5.04. The third-order valence-corrected chi connectivity index (χ3v) is 3.96. The summed E-state index contributed by atoms with van der Waals surface area (Å²) in [6, 6.07) is 3.69. The Balaban J connectivity index is 2.22. The Hall–Kier alpha value is -1.65. The quantitative estimate of drug-likeness (QED) is 0.463. The van der Waals surface area contributed by atoms with Crippen molar-refractivity contribution in [2.24, 2.45) is 5.92 Å². The zero-order chi connectivity index (χ0) is 16.3. The average Bonchev–Trinajstić information content (AvgIpc) is 2.45. The molecule has 0 amide bonds. The van der Waals surface area contributed by atoms with Crippen LogP contribution >= 0.6 is 0 Å². The third kappa shape index (κ3) is 4.18. The zero-order valence-electron chi connectivity index (χ0n) is 12.1. The lowest BCUT2D eigenvalue weighted by Crippen LogP contribution is -2.07. The van der Waals surface area contributed by atoms with Gasteiger partial charge in [0.25, 0.3) is 0 Å². The smallest absolute Gasteiger partial charge is 0.206 e. The van der Waals surface area contributed by atoms with Gasteiger partial charge in [0.05, 0.1) is 6.08 Å². The molecule has 0 fully saturated rings. The number of alkyl halides is 3. The van der Waals surface area contributed by atoms with Gasteiger partial charge < -0.3 is 0 Å². The lowest BCUT2D eigenvalue weighted by atomic mass is 9.83. The molecule has 0 N–H and O–H groups in total. The molecule has 22 heavy (non-hydrogen) atoms. The van der Waals surface area contributed by atoms with E-state index in [9.17, 15) is 22.0 Å². The third-order valence-electron chi connectivity index (χ3n) is 3.96. The van der Waals surface area contributed by atoms with Crippen LogP contribution in [-0.4, -0.2) is 6.18 Å². The first-order chi connectivity index (χ1) is 10.3. The largest absolute Gasteiger partial charge is 0.412 e. The molecule has 0 aliphatic heterocycles. The molecule has 1 aliphatic rings. The molecule has 5 heteroatoms. The van der Waals surface area contributed by atoms with Crippen molar-refractivity contribution in [3.05, 3.63) is 53.4 Å². The van der Waals surface area contributed by atoms with Crippen LogP contribution in [0.5, 0.6) is 0 Å². The first-order valence-electron chi connectivity index (χ1n) is 7.23. The second-order valence-electron chi connectivity index (χ2n) is 5.51. The lowest BCUT2D eigenvalue weighted by Gasteiger charge is -2.22. The van der Waals surface area contributed by atoms with Gasteiger partial charge in [-0.3, -0.25) is 0 Å². The molecule has 0 bridgehead atoms. The highest BCUT2D eigenvalue weighted by atomic mass is 19.4. The van der Waals surface area contributed by atoms with Crippen LogP contribution in [0.4, 0.5) is 22.0 Å². The number of hydrogen-bond acceptors (Lipinski definition) is 0. The van der Waals surface area contributed by atoms with E-state index < -0.39 is 29.5 Å². The van der Waals surface area contributed by atoms with Crippen molar-refractivity contribution >= 4 is 5.83 Å². The summed E-state index contributed by atoms with van der Waals surface area (Å²) in [4.78, 5) is 0. The molecule has 120 valence electrons. The highest BCUT2D eigenvalue weighted by Crippen LogP contribution is 2.34. The minimum Gasteiger partial charge on any atom is -0.206 e. The normalized spacial score (nSPS) is 22.9. The van der Waals surface area contributed by atoms with Crippen molar-refractivity contribution in [1.29, 1.82) is 0 Å². The summed E-state index contributed by atoms with van der Waals surface area (Å²) >= 11 is 0. The van der Waals surface area contributed by atoms with Gasteiger partial charge in [0, 0.05) is 11.5 Å². The molecule has 0 saturated heterocycles. The summed E-state index contributed by atoms with van der Waals surface area (Å²) in [5.74, 6) is -2.03. The monoisotopic (exact) mass is 316 g/mol. The van der Waals surface area contributed by atoms with Gasteiger partial charge in [0.15, 0.2) is 0 Å². The van der Waals surface area contributed by atoms with E-state index in [0.717, 1.165) is 31.4 Å². The van der Waals surface area contributed by atoms with E-state index in [-0.39, 0.29) is 5.92 Å². The van der Waals surface area contributed by atoms with Gasteiger partial charge in [-0.2, -0.15) is 13.2 Å². The fourth-order valence-electron chi connectivity index (χ4n) is 2.67. The highest BCUT2D eigenvalue weighted by molar-refractivity contribution is 5.60. The Morgan fingerprint density at radius 1 is 1.23 bits per heavy atom. The number of benzene rings is 1. The van der Waals surface area contributed by atoms with Crippen LogP contribution in [0.1, 0.15) is 43.2 Å². The predicted octanol–water partition coefficient (Wildman–Crippen LogP) is 6.16. The van der Waals surface area contributed by atoms with Crippen LogP contribution < -0.4 is 0 Å². The van der Waals surface area contributed by atoms with Crippen LogP contribution in [0.2, 0.25) is 0 Å². The standard InChI is InChI=1S/C17H17F5/c1-2-11-3-5-12(6-4-11)13-7-8-14(15(18)9-13)16(19)10-17(20,21)22/h3,5,7-12H,2,4,6H2,1H3/b16-10-. The molecule has 0 nitrogen and oxygen atoms in total. The van der Waals surface area contributed by atoms with E-state index in [4.69, 9.17) is 0 Å². The van der Waals surface area contributed by atoms with Gasteiger partial charge in [-0.1, -0.05) is 25.1 Å². The minimum atomic E-state index is -4.81. The first-order valence-corrected chi connectivity index (χ1v) is 7.23.